The first-order valence-corrected chi connectivity index (χ1v) is 10.9. The van der Waals surface area contributed by atoms with Crippen molar-refractivity contribution < 1.29 is 14.3 Å². The monoisotopic (exact) mass is 431 g/mol. The van der Waals surface area contributed by atoms with E-state index in [-0.39, 0.29) is 6.10 Å². The molecule has 3 aromatic rings. The van der Waals surface area contributed by atoms with E-state index in [9.17, 15) is 4.79 Å². The average Bonchev–Trinajstić information content (AvgIpc) is 2.99. The molecule has 0 spiro atoms. The fraction of sp³-hybridized carbons (Fsp3) is 0.346. The fourth-order valence-electron chi connectivity index (χ4n) is 3.63. The van der Waals surface area contributed by atoms with Crippen molar-refractivity contribution in [2.45, 2.75) is 58.7 Å². The summed E-state index contributed by atoms with van der Waals surface area (Å²) in [5.41, 5.74) is 1.97. The second-order valence-corrected chi connectivity index (χ2v) is 9.00. The molecule has 0 aliphatic heterocycles. The van der Waals surface area contributed by atoms with Gasteiger partial charge in [-0.15, -0.1) is 0 Å². The minimum Gasteiger partial charge on any atom is -0.474 e. The minimum absolute atomic E-state index is 0.290. The Kier molecular flexibility index (Phi) is 5.87. The molecular formula is C26H29N3O3. The van der Waals surface area contributed by atoms with Gasteiger partial charge in [0.1, 0.15) is 11.7 Å². The molecule has 6 nitrogen and oxygen atoms in total. The van der Waals surface area contributed by atoms with Crippen molar-refractivity contribution in [1.29, 1.82) is 0 Å². The van der Waals surface area contributed by atoms with Gasteiger partial charge in [-0.25, -0.2) is 14.3 Å². The van der Waals surface area contributed by atoms with E-state index in [1.54, 1.807) is 18.6 Å². The number of hydrogen-bond acceptors (Lipinski definition) is 5. The lowest BCUT2D eigenvalue weighted by Crippen LogP contribution is -2.35. The molecule has 1 fully saturated rings. The van der Waals surface area contributed by atoms with Crippen LogP contribution in [0.15, 0.2) is 41.5 Å². The number of benzene rings is 1. The van der Waals surface area contributed by atoms with Crippen molar-refractivity contribution >= 4 is 36.0 Å². The standard InChI is InChI=1S/C26H29N3O3/c1-6-27-16-22-17(2)29(25(30)32-26(3,4)5)23-14-18(10-12-21(22)23)19-11-13-24(28-15-19)31-20-8-7-9-20/h6,10-16,20H,2,7-9H2,1,3-5H3/b22-16-,27-6?. The summed E-state index contributed by atoms with van der Waals surface area (Å²) < 4.78 is 13.0. The van der Waals surface area contributed by atoms with Crippen LogP contribution >= 0.6 is 0 Å². The van der Waals surface area contributed by atoms with Gasteiger partial charge < -0.3 is 9.47 Å². The number of nitrogens with zero attached hydrogens (tertiary/aromatic N) is 3. The predicted octanol–water partition coefficient (Wildman–Crippen LogP) is 4.66. The molecule has 4 rings (SSSR count). The third kappa shape index (κ3) is 4.44. The van der Waals surface area contributed by atoms with E-state index in [4.69, 9.17) is 9.47 Å². The summed E-state index contributed by atoms with van der Waals surface area (Å²) in [6.45, 7) is 11.5. The van der Waals surface area contributed by atoms with Crippen molar-refractivity contribution in [2.75, 3.05) is 0 Å². The van der Waals surface area contributed by atoms with E-state index >= 15 is 0 Å². The summed E-state index contributed by atoms with van der Waals surface area (Å²) in [4.78, 5) is 21.7. The lowest BCUT2D eigenvalue weighted by molar-refractivity contribution is 0.0540. The summed E-state index contributed by atoms with van der Waals surface area (Å²) in [7, 11) is 0. The van der Waals surface area contributed by atoms with E-state index in [0.717, 1.165) is 34.6 Å². The predicted molar refractivity (Wildman–Crippen MR) is 128 cm³/mol. The van der Waals surface area contributed by atoms with E-state index in [2.05, 4.69) is 16.6 Å². The Balaban J connectivity index is 1.78. The number of rotatable bonds is 4. The number of fused-ring (bicyclic) bond motifs is 1. The highest BCUT2D eigenvalue weighted by Gasteiger charge is 2.22. The summed E-state index contributed by atoms with van der Waals surface area (Å²) in [6, 6.07) is 9.84. The molecule has 1 saturated carbocycles. The van der Waals surface area contributed by atoms with Gasteiger partial charge in [-0.1, -0.05) is 18.7 Å². The minimum atomic E-state index is -0.622. The molecule has 1 aliphatic carbocycles. The maximum Gasteiger partial charge on any atom is 0.419 e. The van der Waals surface area contributed by atoms with Crippen LogP contribution in [0.1, 0.15) is 47.0 Å². The van der Waals surface area contributed by atoms with Crippen molar-refractivity contribution in [2.24, 2.45) is 4.99 Å². The van der Waals surface area contributed by atoms with Crippen LogP contribution in [0, 0.1) is 0 Å². The van der Waals surface area contributed by atoms with Gasteiger partial charge in [-0.3, -0.25) is 4.99 Å². The second kappa shape index (κ2) is 8.61. The van der Waals surface area contributed by atoms with Crippen molar-refractivity contribution in [3.63, 3.8) is 0 Å². The highest BCUT2D eigenvalue weighted by Crippen LogP contribution is 2.27. The van der Waals surface area contributed by atoms with Crippen molar-refractivity contribution in [1.82, 2.24) is 9.55 Å². The van der Waals surface area contributed by atoms with Crippen LogP contribution in [0.3, 0.4) is 0 Å². The molecule has 2 heterocycles. The molecule has 0 saturated heterocycles. The zero-order valence-electron chi connectivity index (χ0n) is 19.1. The Bertz CT molecular complexity index is 1280. The number of aromatic nitrogens is 2. The first-order chi connectivity index (χ1) is 15.3. The number of hydrogen-bond donors (Lipinski definition) is 0. The summed E-state index contributed by atoms with van der Waals surface area (Å²) in [6.07, 6.45) is 8.45. The molecule has 6 heteroatoms. The molecule has 0 unspecified atom stereocenters. The molecule has 166 valence electrons. The summed E-state index contributed by atoms with van der Waals surface area (Å²) in [5.74, 6) is 0.644. The number of carbonyl (C=O) groups excluding carboxylic acids is 1. The van der Waals surface area contributed by atoms with Crippen LogP contribution < -0.4 is 15.3 Å². The van der Waals surface area contributed by atoms with Crippen LogP contribution in [-0.4, -0.2) is 33.6 Å². The zero-order chi connectivity index (χ0) is 22.9. The van der Waals surface area contributed by atoms with E-state index < -0.39 is 11.7 Å². The molecule has 1 aromatic carbocycles. The van der Waals surface area contributed by atoms with Crippen LogP contribution in [0.5, 0.6) is 5.88 Å². The first-order valence-electron chi connectivity index (χ1n) is 10.9. The molecule has 0 amide bonds. The Morgan fingerprint density at radius 2 is 1.97 bits per heavy atom. The lowest BCUT2D eigenvalue weighted by Gasteiger charge is -2.25. The number of aliphatic imine (C=N–C) groups is 1. The van der Waals surface area contributed by atoms with Gasteiger partial charge in [0.2, 0.25) is 5.88 Å². The number of ether oxygens (including phenoxy) is 2. The smallest absolute Gasteiger partial charge is 0.419 e. The summed E-state index contributed by atoms with van der Waals surface area (Å²) in [5, 5.41) is 2.21. The molecular weight excluding hydrogens is 402 g/mol. The maximum atomic E-state index is 13.0. The molecule has 0 bridgehead atoms. The van der Waals surface area contributed by atoms with Gasteiger partial charge in [0.05, 0.1) is 10.9 Å². The zero-order valence-corrected chi connectivity index (χ0v) is 19.1. The highest BCUT2D eigenvalue weighted by atomic mass is 16.6. The molecule has 32 heavy (non-hydrogen) atoms. The highest BCUT2D eigenvalue weighted by molar-refractivity contribution is 5.93. The van der Waals surface area contributed by atoms with Crippen molar-refractivity contribution in [3.8, 4) is 17.0 Å². The third-order valence-corrected chi connectivity index (χ3v) is 5.45. The third-order valence-electron chi connectivity index (χ3n) is 5.45. The lowest BCUT2D eigenvalue weighted by atomic mass is 9.96. The van der Waals surface area contributed by atoms with E-state index in [1.165, 1.54) is 11.0 Å². The average molecular weight is 432 g/mol. The Morgan fingerprint density at radius 3 is 2.56 bits per heavy atom. The number of pyridine rings is 1. The van der Waals surface area contributed by atoms with Gasteiger partial charge in [-0.05, 0) is 64.7 Å². The Hall–Kier alpha value is -3.41. The number of carbonyl (C=O) groups is 1. The SMILES string of the molecule is C=c1/c(=C/N=CC)c2ccc(-c3ccc(OC4CCC4)nc3)cc2n1C(=O)OC(C)(C)C. The molecule has 0 atom stereocenters. The largest absolute Gasteiger partial charge is 0.474 e. The van der Waals surface area contributed by atoms with Crippen LogP contribution in [0.4, 0.5) is 4.79 Å². The Labute approximate surface area is 187 Å². The maximum absolute atomic E-state index is 13.0. The van der Waals surface area contributed by atoms with E-state index in [1.807, 2.05) is 58.0 Å². The van der Waals surface area contributed by atoms with Crippen LogP contribution in [0.2, 0.25) is 0 Å². The van der Waals surface area contributed by atoms with Gasteiger partial charge >= 0.3 is 6.09 Å². The Morgan fingerprint density at radius 1 is 1.22 bits per heavy atom. The summed E-state index contributed by atoms with van der Waals surface area (Å²) >= 11 is 0. The van der Waals surface area contributed by atoms with Crippen LogP contribution in [0.25, 0.3) is 34.8 Å². The molecule has 1 aliphatic rings. The fourth-order valence-corrected chi connectivity index (χ4v) is 3.63. The first kappa shape index (κ1) is 21.8. The molecule has 0 radical (unpaired) electrons. The van der Waals surface area contributed by atoms with Gasteiger partial charge in [0.25, 0.3) is 0 Å². The topological polar surface area (TPSA) is 65.7 Å². The van der Waals surface area contributed by atoms with Gasteiger partial charge in [-0.2, -0.15) is 0 Å². The molecule has 2 aromatic heterocycles. The van der Waals surface area contributed by atoms with Crippen molar-refractivity contribution in [3.05, 3.63) is 47.1 Å². The molecule has 0 N–H and O–H groups in total. The second-order valence-electron chi connectivity index (χ2n) is 9.00. The quantitative estimate of drug-likeness (QED) is 0.564. The van der Waals surface area contributed by atoms with Gasteiger partial charge in [0.15, 0.2) is 0 Å². The normalized spacial score (nSPS) is 15.3. The van der Waals surface area contributed by atoms with Gasteiger partial charge in [0, 0.05) is 40.8 Å². The van der Waals surface area contributed by atoms with E-state index in [0.29, 0.717) is 16.7 Å². The van der Waals surface area contributed by atoms with Crippen LogP contribution in [-0.2, 0) is 4.74 Å².